The molecule has 2 rings (SSSR count). The number of hydrogen-bond donors (Lipinski definition) is 2. The van der Waals surface area contributed by atoms with Gasteiger partial charge in [-0.25, -0.2) is 0 Å². The molecule has 0 saturated heterocycles. The van der Waals surface area contributed by atoms with Crippen molar-refractivity contribution in [2.75, 3.05) is 7.11 Å². The first-order valence-corrected chi connectivity index (χ1v) is 5.00. The standard InChI is InChI=1S/C10H12BNO4/c1-16-9(13)10(2-3-10)7-4-8(11(14)15)6-12-5-7/h4-6,14-15H,2-3H2,1H3. The van der Waals surface area contributed by atoms with Crippen LogP contribution in [0.3, 0.4) is 0 Å². The Hall–Kier alpha value is -1.40. The number of carbonyl (C=O) groups excluding carboxylic acids is 1. The number of rotatable bonds is 3. The van der Waals surface area contributed by atoms with Crippen LogP contribution < -0.4 is 5.46 Å². The van der Waals surface area contributed by atoms with E-state index in [1.54, 1.807) is 12.3 Å². The Kier molecular flexibility index (Phi) is 2.69. The summed E-state index contributed by atoms with van der Waals surface area (Å²) in [6.45, 7) is 0. The van der Waals surface area contributed by atoms with Crippen molar-refractivity contribution in [1.82, 2.24) is 4.98 Å². The smallest absolute Gasteiger partial charge is 0.468 e. The molecule has 0 radical (unpaired) electrons. The van der Waals surface area contributed by atoms with E-state index in [0.29, 0.717) is 18.4 Å². The molecule has 0 aliphatic heterocycles. The highest BCUT2D eigenvalue weighted by Gasteiger charge is 2.52. The number of ether oxygens (including phenoxy) is 1. The quantitative estimate of drug-likeness (QED) is 0.503. The summed E-state index contributed by atoms with van der Waals surface area (Å²) in [5, 5.41) is 18.1. The predicted octanol–water partition coefficient (Wildman–Crippen LogP) is -1.03. The summed E-state index contributed by atoms with van der Waals surface area (Å²) in [4.78, 5) is 15.5. The van der Waals surface area contributed by atoms with Crippen LogP contribution >= 0.6 is 0 Å². The first kappa shape index (κ1) is 11.1. The Morgan fingerprint density at radius 2 is 2.19 bits per heavy atom. The van der Waals surface area contributed by atoms with Crippen molar-refractivity contribution in [2.24, 2.45) is 0 Å². The van der Waals surface area contributed by atoms with Crippen molar-refractivity contribution in [2.45, 2.75) is 18.3 Å². The van der Waals surface area contributed by atoms with E-state index in [9.17, 15) is 4.79 Å². The SMILES string of the molecule is COC(=O)C1(c2cncc(B(O)O)c2)CC1. The molecule has 0 aromatic carbocycles. The van der Waals surface area contributed by atoms with Crippen molar-refractivity contribution in [3.05, 3.63) is 24.0 Å². The average Bonchev–Trinajstić information content (AvgIpc) is 3.09. The van der Waals surface area contributed by atoms with Crippen LogP contribution in [0.4, 0.5) is 0 Å². The van der Waals surface area contributed by atoms with Gasteiger partial charge in [0.05, 0.1) is 12.5 Å². The normalized spacial score (nSPS) is 16.7. The lowest BCUT2D eigenvalue weighted by atomic mass is 9.79. The van der Waals surface area contributed by atoms with Crippen molar-refractivity contribution in [3.8, 4) is 0 Å². The Labute approximate surface area is 93.2 Å². The number of pyridine rings is 1. The molecule has 0 unspecified atom stereocenters. The van der Waals surface area contributed by atoms with E-state index in [-0.39, 0.29) is 11.4 Å². The monoisotopic (exact) mass is 221 g/mol. The molecule has 16 heavy (non-hydrogen) atoms. The maximum Gasteiger partial charge on any atom is 0.490 e. The van der Waals surface area contributed by atoms with Crippen LogP contribution in [0.25, 0.3) is 0 Å². The number of carbonyl (C=O) groups is 1. The van der Waals surface area contributed by atoms with E-state index in [0.717, 1.165) is 0 Å². The molecular formula is C10H12BNO4. The summed E-state index contributed by atoms with van der Waals surface area (Å²) in [6, 6.07) is 1.58. The highest BCUT2D eigenvalue weighted by molar-refractivity contribution is 6.58. The molecule has 0 spiro atoms. The van der Waals surface area contributed by atoms with Crippen LogP contribution in [-0.4, -0.2) is 35.2 Å². The van der Waals surface area contributed by atoms with Gasteiger partial charge in [0, 0.05) is 17.9 Å². The predicted molar refractivity (Wildman–Crippen MR) is 57.0 cm³/mol. The molecule has 1 fully saturated rings. The average molecular weight is 221 g/mol. The molecule has 1 aromatic rings. The van der Waals surface area contributed by atoms with Gasteiger partial charge in [-0.3, -0.25) is 9.78 Å². The van der Waals surface area contributed by atoms with Gasteiger partial charge in [-0.2, -0.15) is 0 Å². The third-order valence-corrected chi connectivity index (χ3v) is 2.94. The van der Waals surface area contributed by atoms with Crippen LogP contribution in [0.5, 0.6) is 0 Å². The van der Waals surface area contributed by atoms with E-state index in [1.165, 1.54) is 13.3 Å². The highest BCUT2D eigenvalue weighted by Crippen LogP contribution is 2.48. The summed E-state index contributed by atoms with van der Waals surface area (Å²) in [5.41, 5.74) is 0.352. The third-order valence-electron chi connectivity index (χ3n) is 2.94. The summed E-state index contributed by atoms with van der Waals surface area (Å²) < 4.78 is 4.74. The lowest BCUT2D eigenvalue weighted by Crippen LogP contribution is -2.32. The molecule has 1 heterocycles. The van der Waals surface area contributed by atoms with Gasteiger partial charge in [0.1, 0.15) is 0 Å². The number of nitrogens with zero attached hydrogens (tertiary/aromatic N) is 1. The first-order chi connectivity index (χ1) is 7.60. The van der Waals surface area contributed by atoms with Crippen molar-refractivity contribution < 1.29 is 19.6 Å². The van der Waals surface area contributed by atoms with E-state index < -0.39 is 12.5 Å². The lowest BCUT2D eigenvalue weighted by molar-refractivity contribution is -0.143. The molecule has 0 bridgehead atoms. The van der Waals surface area contributed by atoms with Crippen LogP contribution in [0.2, 0.25) is 0 Å². The molecular weight excluding hydrogens is 209 g/mol. The zero-order chi connectivity index (χ0) is 11.8. The van der Waals surface area contributed by atoms with E-state index >= 15 is 0 Å². The Morgan fingerprint density at radius 3 is 2.69 bits per heavy atom. The second-order valence-electron chi connectivity index (χ2n) is 3.95. The molecule has 2 N–H and O–H groups in total. The van der Waals surface area contributed by atoms with Crippen molar-refractivity contribution in [3.63, 3.8) is 0 Å². The zero-order valence-electron chi connectivity index (χ0n) is 8.88. The molecule has 1 aliphatic carbocycles. The van der Waals surface area contributed by atoms with Crippen molar-refractivity contribution >= 4 is 18.6 Å². The van der Waals surface area contributed by atoms with E-state index in [2.05, 4.69) is 4.98 Å². The molecule has 0 amide bonds. The van der Waals surface area contributed by atoms with Gasteiger partial charge in [-0.15, -0.1) is 0 Å². The van der Waals surface area contributed by atoms with Gasteiger partial charge in [0.25, 0.3) is 0 Å². The van der Waals surface area contributed by atoms with E-state index in [1.807, 2.05) is 0 Å². The number of aromatic nitrogens is 1. The minimum Gasteiger partial charge on any atom is -0.468 e. The minimum atomic E-state index is -1.57. The van der Waals surface area contributed by atoms with Gasteiger partial charge in [-0.05, 0) is 18.4 Å². The highest BCUT2D eigenvalue weighted by atomic mass is 16.5. The third kappa shape index (κ3) is 1.70. The molecule has 1 saturated carbocycles. The van der Waals surface area contributed by atoms with Gasteiger partial charge in [0.15, 0.2) is 0 Å². The molecule has 1 aliphatic rings. The largest absolute Gasteiger partial charge is 0.490 e. The lowest BCUT2D eigenvalue weighted by Gasteiger charge is -2.13. The summed E-state index contributed by atoms with van der Waals surface area (Å²) in [7, 11) is -0.221. The summed E-state index contributed by atoms with van der Waals surface area (Å²) in [5.74, 6) is -0.293. The first-order valence-electron chi connectivity index (χ1n) is 5.00. The van der Waals surface area contributed by atoms with Gasteiger partial charge in [-0.1, -0.05) is 6.07 Å². The molecule has 84 valence electrons. The maximum atomic E-state index is 11.6. The maximum absolute atomic E-state index is 11.6. The van der Waals surface area contributed by atoms with Crippen LogP contribution in [-0.2, 0) is 14.9 Å². The van der Waals surface area contributed by atoms with Gasteiger partial charge in [0.2, 0.25) is 0 Å². The van der Waals surface area contributed by atoms with Crippen molar-refractivity contribution in [1.29, 1.82) is 0 Å². The fraction of sp³-hybridized carbons (Fsp3) is 0.400. The fourth-order valence-corrected chi connectivity index (χ4v) is 1.79. The zero-order valence-corrected chi connectivity index (χ0v) is 8.88. The number of esters is 1. The Bertz CT molecular complexity index is 417. The number of hydrogen-bond acceptors (Lipinski definition) is 5. The van der Waals surface area contributed by atoms with Crippen LogP contribution in [0.15, 0.2) is 18.5 Å². The molecule has 5 nitrogen and oxygen atoms in total. The topological polar surface area (TPSA) is 79.7 Å². The fourth-order valence-electron chi connectivity index (χ4n) is 1.79. The second-order valence-corrected chi connectivity index (χ2v) is 3.95. The molecule has 1 aromatic heterocycles. The summed E-state index contributed by atoms with van der Waals surface area (Å²) >= 11 is 0. The van der Waals surface area contributed by atoms with Gasteiger partial charge >= 0.3 is 13.1 Å². The Morgan fingerprint density at radius 1 is 1.50 bits per heavy atom. The van der Waals surface area contributed by atoms with E-state index in [4.69, 9.17) is 14.8 Å². The van der Waals surface area contributed by atoms with Gasteiger partial charge < -0.3 is 14.8 Å². The number of methoxy groups -OCH3 is 1. The minimum absolute atomic E-state index is 0.285. The molecule has 6 heteroatoms. The van der Waals surface area contributed by atoms with Crippen LogP contribution in [0.1, 0.15) is 18.4 Å². The Balaban J connectivity index is 2.34. The second kappa shape index (κ2) is 3.88. The van der Waals surface area contributed by atoms with Crippen LogP contribution in [0, 0.1) is 0 Å². The summed E-state index contributed by atoms with van der Waals surface area (Å²) in [6.07, 6.45) is 4.36. The molecule has 0 atom stereocenters.